The van der Waals surface area contributed by atoms with Crippen LogP contribution >= 0.6 is 0 Å². The molecule has 0 fully saturated rings. The number of hydrogen-bond acceptors (Lipinski definition) is 5. The Kier molecular flexibility index (Phi) is 3.69. The maximum atomic E-state index is 11.8. The quantitative estimate of drug-likeness (QED) is 0.827. The van der Waals surface area contributed by atoms with Crippen LogP contribution in [0.15, 0.2) is 34.9 Å². The van der Waals surface area contributed by atoms with Crippen LogP contribution in [0.3, 0.4) is 0 Å². The summed E-state index contributed by atoms with van der Waals surface area (Å²) in [5.41, 5.74) is 6.59. The van der Waals surface area contributed by atoms with E-state index in [1.807, 2.05) is 18.2 Å². The molecule has 0 aliphatic heterocycles. The van der Waals surface area contributed by atoms with Crippen LogP contribution in [0.1, 0.15) is 23.3 Å². The van der Waals surface area contributed by atoms with E-state index in [0.717, 1.165) is 5.56 Å². The number of carbonyl (C=O) groups excluding carboxylic acids is 1. The Hall–Kier alpha value is -2.21. The smallest absolute Gasteiger partial charge is 0.246 e. The van der Waals surface area contributed by atoms with Crippen LogP contribution in [0, 0.1) is 6.92 Å². The summed E-state index contributed by atoms with van der Waals surface area (Å²) in [5, 5.41) is 6.28. The van der Waals surface area contributed by atoms with Crippen LogP contribution in [-0.2, 0) is 11.3 Å². The molecule has 6 nitrogen and oxygen atoms in total. The van der Waals surface area contributed by atoms with Crippen molar-refractivity contribution in [2.24, 2.45) is 5.73 Å². The highest BCUT2D eigenvalue weighted by Crippen LogP contribution is 2.09. The van der Waals surface area contributed by atoms with E-state index < -0.39 is 6.04 Å². The van der Waals surface area contributed by atoms with Gasteiger partial charge in [-0.2, -0.15) is 4.98 Å². The molecule has 0 spiro atoms. The van der Waals surface area contributed by atoms with Crippen molar-refractivity contribution in [2.45, 2.75) is 19.5 Å². The summed E-state index contributed by atoms with van der Waals surface area (Å²) in [6, 6.07) is 8.46. The minimum Gasteiger partial charge on any atom is -0.345 e. The Morgan fingerprint density at radius 1 is 1.44 bits per heavy atom. The summed E-state index contributed by atoms with van der Waals surface area (Å²) in [6.07, 6.45) is 0. The number of nitrogens with two attached hydrogens (primary N) is 1. The summed E-state index contributed by atoms with van der Waals surface area (Å²) in [5.74, 6) is 0.616. The SMILES string of the molecule is Cc1noc(CNC(=O)C(N)c2ccccc2)n1. The molecule has 0 aliphatic carbocycles. The van der Waals surface area contributed by atoms with Crippen molar-refractivity contribution in [1.29, 1.82) is 0 Å². The highest BCUT2D eigenvalue weighted by molar-refractivity contribution is 5.82. The van der Waals surface area contributed by atoms with E-state index in [1.165, 1.54) is 0 Å². The largest absolute Gasteiger partial charge is 0.345 e. The predicted molar refractivity (Wildman–Crippen MR) is 64.3 cm³/mol. The van der Waals surface area contributed by atoms with Crippen LogP contribution in [0.2, 0.25) is 0 Å². The Balaban J connectivity index is 1.92. The second kappa shape index (κ2) is 5.42. The van der Waals surface area contributed by atoms with E-state index >= 15 is 0 Å². The molecule has 3 N–H and O–H groups in total. The Labute approximate surface area is 104 Å². The number of nitrogens with zero attached hydrogens (tertiary/aromatic N) is 2. The highest BCUT2D eigenvalue weighted by atomic mass is 16.5. The molecule has 2 aromatic rings. The van der Waals surface area contributed by atoms with E-state index in [9.17, 15) is 4.79 Å². The molecule has 0 aliphatic rings. The molecule has 6 heteroatoms. The normalized spacial score (nSPS) is 12.1. The van der Waals surface area contributed by atoms with Crippen LogP contribution in [-0.4, -0.2) is 16.0 Å². The third-order valence-corrected chi connectivity index (χ3v) is 2.42. The summed E-state index contributed by atoms with van der Waals surface area (Å²) < 4.78 is 4.88. The number of hydrogen-bond donors (Lipinski definition) is 2. The first kappa shape index (κ1) is 12.3. The van der Waals surface area contributed by atoms with Crippen LogP contribution in [0.5, 0.6) is 0 Å². The third kappa shape index (κ3) is 2.92. The summed E-state index contributed by atoms with van der Waals surface area (Å²) in [4.78, 5) is 15.8. The maximum absolute atomic E-state index is 11.8. The molecule has 1 aromatic carbocycles. The minimum absolute atomic E-state index is 0.181. The van der Waals surface area contributed by atoms with Gasteiger partial charge in [0.05, 0.1) is 6.54 Å². The lowest BCUT2D eigenvalue weighted by Crippen LogP contribution is -2.33. The molecule has 0 saturated carbocycles. The van der Waals surface area contributed by atoms with Gasteiger partial charge in [-0.15, -0.1) is 0 Å². The van der Waals surface area contributed by atoms with E-state index in [1.54, 1.807) is 19.1 Å². The van der Waals surface area contributed by atoms with Gasteiger partial charge in [0.2, 0.25) is 11.8 Å². The van der Waals surface area contributed by atoms with Gasteiger partial charge >= 0.3 is 0 Å². The molecule has 1 atom stereocenters. The summed E-state index contributed by atoms with van der Waals surface area (Å²) in [7, 11) is 0. The van der Waals surface area contributed by atoms with Gasteiger partial charge in [-0.25, -0.2) is 0 Å². The second-order valence-corrected chi connectivity index (χ2v) is 3.84. The first-order valence-corrected chi connectivity index (χ1v) is 5.54. The van der Waals surface area contributed by atoms with Gasteiger partial charge in [0, 0.05) is 0 Å². The average molecular weight is 246 g/mol. The standard InChI is InChI=1S/C12H14N4O2/c1-8-15-10(18-16-8)7-14-12(17)11(13)9-5-3-2-4-6-9/h2-6,11H,7,13H2,1H3,(H,14,17). The van der Waals surface area contributed by atoms with Gasteiger partial charge in [-0.3, -0.25) is 4.79 Å². The predicted octanol–water partition coefficient (Wildman–Crippen LogP) is 0.694. The number of aryl methyl sites for hydroxylation is 1. The van der Waals surface area contributed by atoms with E-state index in [4.69, 9.17) is 10.3 Å². The topological polar surface area (TPSA) is 94.0 Å². The van der Waals surface area contributed by atoms with Crippen molar-refractivity contribution in [2.75, 3.05) is 0 Å². The van der Waals surface area contributed by atoms with Crippen molar-refractivity contribution in [3.8, 4) is 0 Å². The monoisotopic (exact) mass is 246 g/mol. The Bertz CT molecular complexity index is 524. The number of nitrogens with one attached hydrogen (secondary N) is 1. The van der Waals surface area contributed by atoms with Gasteiger partial charge in [0.15, 0.2) is 5.82 Å². The molecule has 94 valence electrons. The van der Waals surface area contributed by atoms with Gasteiger partial charge in [-0.05, 0) is 12.5 Å². The van der Waals surface area contributed by atoms with Crippen molar-refractivity contribution in [3.05, 3.63) is 47.6 Å². The lowest BCUT2D eigenvalue weighted by atomic mass is 10.1. The number of rotatable bonds is 4. The van der Waals surface area contributed by atoms with Crippen LogP contribution in [0.4, 0.5) is 0 Å². The lowest BCUT2D eigenvalue weighted by molar-refractivity contribution is -0.122. The fourth-order valence-corrected chi connectivity index (χ4v) is 1.50. The molecule has 2 rings (SSSR count). The van der Waals surface area contributed by atoms with E-state index in [-0.39, 0.29) is 12.5 Å². The molecule has 0 radical (unpaired) electrons. The molecule has 1 unspecified atom stereocenters. The van der Waals surface area contributed by atoms with Crippen molar-refractivity contribution in [3.63, 3.8) is 0 Å². The summed E-state index contributed by atoms with van der Waals surface area (Å²) in [6.45, 7) is 1.89. The van der Waals surface area contributed by atoms with Crippen molar-refractivity contribution in [1.82, 2.24) is 15.5 Å². The van der Waals surface area contributed by atoms with Crippen molar-refractivity contribution < 1.29 is 9.32 Å². The number of carbonyl (C=O) groups is 1. The number of benzene rings is 1. The third-order valence-electron chi connectivity index (χ3n) is 2.42. The van der Waals surface area contributed by atoms with Gasteiger partial charge in [0.25, 0.3) is 0 Å². The van der Waals surface area contributed by atoms with Crippen molar-refractivity contribution >= 4 is 5.91 Å². The zero-order chi connectivity index (χ0) is 13.0. The van der Waals surface area contributed by atoms with Gasteiger partial charge in [0.1, 0.15) is 6.04 Å². The Morgan fingerprint density at radius 2 is 2.17 bits per heavy atom. The first-order valence-electron chi connectivity index (χ1n) is 5.54. The minimum atomic E-state index is -0.699. The Morgan fingerprint density at radius 3 is 2.78 bits per heavy atom. The lowest BCUT2D eigenvalue weighted by Gasteiger charge is -2.11. The number of amides is 1. The second-order valence-electron chi connectivity index (χ2n) is 3.84. The molecule has 18 heavy (non-hydrogen) atoms. The molecule has 1 heterocycles. The number of aromatic nitrogens is 2. The maximum Gasteiger partial charge on any atom is 0.246 e. The molecule has 1 aromatic heterocycles. The summed E-state index contributed by atoms with van der Waals surface area (Å²) >= 11 is 0. The van der Waals surface area contributed by atoms with Crippen LogP contribution in [0.25, 0.3) is 0 Å². The molecular formula is C12H14N4O2. The van der Waals surface area contributed by atoms with Gasteiger partial charge < -0.3 is 15.6 Å². The van der Waals surface area contributed by atoms with Gasteiger partial charge in [-0.1, -0.05) is 35.5 Å². The van der Waals surface area contributed by atoms with E-state index in [0.29, 0.717) is 11.7 Å². The zero-order valence-corrected chi connectivity index (χ0v) is 9.96. The zero-order valence-electron chi connectivity index (χ0n) is 9.96. The first-order chi connectivity index (χ1) is 8.66. The highest BCUT2D eigenvalue weighted by Gasteiger charge is 2.15. The fraction of sp³-hybridized carbons (Fsp3) is 0.250. The molecule has 0 bridgehead atoms. The van der Waals surface area contributed by atoms with E-state index in [2.05, 4.69) is 15.5 Å². The molecule has 1 amide bonds. The molecular weight excluding hydrogens is 232 g/mol. The van der Waals surface area contributed by atoms with Crippen LogP contribution < -0.4 is 11.1 Å². The average Bonchev–Trinajstić information content (AvgIpc) is 2.82. The fourth-order valence-electron chi connectivity index (χ4n) is 1.50. The molecule has 0 saturated heterocycles.